The molecule has 0 aromatic rings. The van der Waals surface area contributed by atoms with Crippen molar-refractivity contribution in [3.8, 4) is 0 Å². The normalized spacial score (nSPS) is 15.9. The Morgan fingerprint density at radius 1 is 1.60 bits per heavy atom. The molecule has 0 heterocycles. The van der Waals surface area contributed by atoms with Gasteiger partial charge in [-0.1, -0.05) is 6.58 Å². The summed E-state index contributed by atoms with van der Waals surface area (Å²) in [6.45, 7) is 7.08. The third-order valence-corrected chi connectivity index (χ3v) is 1.36. The van der Waals surface area contributed by atoms with E-state index in [-0.39, 0.29) is 12.4 Å². The Morgan fingerprint density at radius 3 is 2.60 bits per heavy atom. The first kappa shape index (κ1) is 9.79. The topological polar surface area (TPSA) is 18.5 Å². The van der Waals surface area contributed by atoms with Crippen molar-refractivity contribution >= 4 is 11.6 Å². The predicted molar refractivity (Wildman–Crippen MR) is 42.0 cm³/mol. The Labute approximate surface area is 66.8 Å². The highest BCUT2D eigenvalue weighted by Crippen LogP contribution is 2.00. The van der Waals surface area contributed by atoms with E-state index in [0.29, 0.717) is 5.88 Å². The zero-order valence-electron chi connectivity index (χ0n) is 6.34. The molecule has 2 unspecified atom stereocenters. The number of ether oxygens (including phenoxy) is 2. The predicted octanol–water partition coefficient (Wildman–Crippen LogP) is 2.14. The molecule has 0 aromatic heterocycles. The lowest BCUT2D eigenvalue weighted by molar-refractivity contribution is -0.117. The largest absolute Gasteiger partial charge is 0.473 e. The van der Waals surface area contributed by atoms with E-state index in [9.17, 15) is 0 Å². The van der Waals surface area contributed by atoms with Crippen molar-refractivity contribution < 1.29 is 9.47 Å². The van der Waals surface area contributed by atoms with Crippen LogP contribution in [0.4, 0.5) is 0 Å². The second-order valence-corrected chi connectivity index (χ2v) is 2.28. The molecule has 0 saturated heterocycles. The molecular formula is C7H13ClO2. The molecule has 0 saturated carbocycles. The number of hydrogen-bond donors (Lipinski definition) is 0. The number of halogens is 1. The van der Waals surface area contributed by atoms with Crippen LogP contribution in [0.15, 0.2) is 12.8 Å². The van der Waals surface area contributed by atoms with Crippen molar-refractivity contribution in [2.24, 2.45) is 0 Å². The first-order valence-corrected chi connectivity index (χ1v) is 3.72. The van der Waals surface area contributed by atoms with Crippen LogP contribution in [-0.4, -0.2) is 18.3 Å². The molecule has 0 aromatic carbocycles. The highest BCUT2D eigenvalue weighted by Gasteiger charge is 2.05. The van der Waals surface area contributed by atoms with Crippen LogP contribution in [0, 0.1) is 0 Å². The van der Waals surface area contributed by atoms with E-state index in [4.69, 9.17) is 21.1 Å². The molecule has 0 radical (unpaired) electrons. The van der Waals surface area contributed by atoms with E-state index >= 15 is 0 Å². The minimum Gasteiger partial charge on any atom is -0.473 e. The minimum absolute atomic E-state index is 0.0246. The molecule has 0 aliphatic rings. The van der Waals surface area contributed by atoms with Crippen LogP contribution in [0.5, 0.6) is 0 Å². The molecule has 0 N–H and O–H groups in total. The molecule has 0 bridgehead atoms. The molecule has 2 nitrogen and oxygen atoms in total. The molecular weight excluding hydrogens is 152 g/mol. The van der Waals surface area contributed by atoms with Gasteiger partial charge in [0, 0.05) is 5.88 Å². The van der Waals surface area contributed by atoms with Gasteiger partial charge < -0.3 is 9.47 Å². The highest BCUT2D eigenvalue weighted by atomic mass is 35.5. The fourth-order valence-corrected chi connectivity index (χ4v) is 0.604. The van der Waals surface area contributed by atoms with Crippen LogP contribution in [0.2, 0.25) is 0 Å². The second kappa shape index (κ2) is 5.57. The van der Waals surface area contributed by atoms with Crippen LogP contribution in [-0.2, 0) is 9.47 Å². The molecule has 60 valence electrons. The average molecular weight is 165 g/mol. The molecule has 10 heavy (non-hydrogen) atoms. The molecule has 3 heteroatoms. The number of alkyl halides is 1. The maximum absolute atomic E-state index is 5.49. The maximum atomic E-state index is 5.49. The Balaban J connectivity index is 3.35. The standard InChI is InChI=1S/C7H13ClO2/c1-4-9-7(3)10-6(2)5-8/h4,6-7H,1,5H2,2-3H3. The average Bonchev–Trinajstić information content (AvgIpc) is 1.88. The fourth-order valence-electron chi connectivity index (χ4n) is 0.531. The molecule has 0 fully saturated rings. The van der Waals surface area contributed by atoms with Crippen molar-refractivity contribution in [2.75, 3.05) is 5.88 Å². The summed E-state index contributed by atoms with van der Waals surface area (Å²) < 4.78 is 10.1. The van der Waals surface area contributed by atoms with Gasteiger partial charge in [0.25, 0.3) is 0 Å². The Hall–Kier alpha value is -0.210. The summed E-state index contributed by atoms with van der Waals surface area (Å²) in [5, 5.41) is 0. The highest BCUT2D eigenvalue weighted by molar-refractivity contribution is 6.18. The SMILES string of the molecule is C=COC(C)OC(C)CCl. The number of rotatable bonds is 5. The first-order chi connectivity index (χ1) is 4.70. The van der Waals surface area contributed by atoms with Crippen LogP contribution in [0.1, 0.15) is 13.8 Å². The van der Waals surface area contributed by atoms with Crippen LogP contribution in [0.25, 0.3) is 0 Å². The third kappa shape index (κ3) is 4.65. The summed E-state index contributed by atoms with van der Waals surface area (Å²) in [7, 11) is 0. The van der Waals surface area contributed by atoms with Gasteiger partial charge in [-0.3, -0.25) is 0 Å². The van der Waals surface area contributed by atoms with Crippen molar-refractivity contribution in [2.45, 2.75) is 26.2 Å². The van der Waals surface area contributed by atoms with Crippen LogP contribution in [0.3, 0.4) is 0 Å². The summed E-state index contributed by atoms with van der Waals surface area (Å²) in [4.78, 5) is 0. The molecule has 0 spiro atoms. The quantitative estimate of drug-likeness (QED) is 0.352. The summed E-state index contributed by atoms with van der Waals surface area (Å²) in [5.74, 6) is 0.477. The van der Waals surface area contributed by atoms with Gasteiger partial charge in [0.15, 0.2) is 6.29 Å². The van der Waals surface area contributed by atoms with Gasteiger partial charge in [-0.2, -0.15) is 0 Å². The summed E-state index contributed by atoms with van der Waals surface area (Å²) in [6, 6.07) is 0. The van der Waals surface area contributed by atoms with Gasteiger partial charge in [0.1, 0.15) is 0 Å². The molecule has 0 aliphatic heterocycles. The lowest BCUT2D eigenvalue weighted by Crippen LogP contribution is -2.19. The maximum Gasteiger partial charge on any atom is 0.196 e. The van der Waals surface area contributed by atoms with Gasteiger partial charge >= 0.3 is 0 Å². The van der Waals surface area contributed by atoms with Crippen molar-refractivity contribution in [1.29, 1.82) is 0 Å². The van der Waals surface area contributed by atoms with Gasteiger partial charge in [0.2, 0.25) is 0 Å². The first-order valence-electron chi connectivity index (χ1n) is 3.18. The second-order valence-electron chi connectivity index (χ2n) is 1.97. The van der Waals surface area contributed by atoms with Gasteiger partial charge in [-0.25, -0.2) is 0 Å². The smallest absolute Gasteiger partial charge is 0.196 e. The van der Waals surface area contributed by atoms with Crippen molar-refractivity contribution in [3.05, 3.63) is 12.8 Å². The van der Waals surface area contributed by atoms with Crippen molar-refractivity contribution in [3.63, 3.8) is 0 Å². The summed E-state index contributed by atoms with van der Waals surface area (Å²) >= 11 is 5.49. The van der Waals surface area contributed by atoms with Crippen LogP contribution >= 0.6 is 11.6 Å². The van der Waals surface area contributed by atoms with E-state index < -0.39 is 0 Å². The summed E-state index contributed by atoms with van der Waals surface area (Å²) in [5.41, 5.74) is 0. The van der Waals surface area contributed by atoms with Gasteiger partial charge in [0.05, 0.1) is 12.4 Å². The zero-order valence-corrected chi connectivity index (χ0v) is 7.10. The Kier molecular flexibility index (Phi) is 5.45. The third-order valence-electron chi connectivity index (χ3n) is 0.929. The zero-order chi connectivity index (χ0) is 7.98. The van der Waals surface area contributed by atoms with Crippen molar-refractivity contribution in [1.82, 2.24) is 0 Å². The van der Waals surface area contributed by atoms with E-state index in [0.717, 1.165) is 0 Å². The molecule has 0 aliphatic carbocycles. The lowest BCUT2D eigenvalue weighted by atomic mass is 10.5. The fraction of sp³-hybridized carbons (Fsp3) is 0.714. The van der Waals surface area contributed by atoms with Gasteiger partial charge in [-0.05, 0) is 13.8 Å². The Bertz CT molecular complexity index is 95.6. The Morgan fingerprint density at radius 2 is 2.20 bits per heavy atom. The monoisotopic (exact) mass is 164 g/mol. The van der Waals surface area contributed by atoms with E-state index in [2.05, 4.69) is 6.58 Å². The van der Waals surface area contributed by atoms with Gasteiger partial charge in [-0.15, -0.1) is 11.6 Å². The molecule has 0 rings (SSSR count). The van der Waals surface area contributed by atoms with E-state index in [1.54, 1.807) is 6.92 Å². The van der Waals surface area contributed by atoms with E-state index in [1.165, 1.54) is 6.26 Å². The number of hydrogen-bond acceptors (Lipinski definition) is 2. The summed E-state index contributed by atoms with van der Waals surface area (Å²) in [6.07, 6.45) is 1.12. The van der Waals surface area contributed by atoms with E-state index in [1.807, 2.05) is 6.92 Å². The minimum atomic E-state index is -0.258. The molecule has 0 amide bonds. The molecule has 2 atom stereocenters. The van der Waals surface area contributed by atoms with Crippen LogP contribution < -0.4 is 0 Å². The lowest BCUT2D eigenvalue weighted by Gasteiger charge is -2.15.